The quantitative estimate of drug-likeness (QED) is 0.747. The van der Waals surface area contributed by atoms with Crippen molar-refractivity contribution >= 4 is 23.6 Å². The van der Waals surface area contributed by atoms with Crippen LogP contribution in [0.25, 0.3) is 6.08 Å². The fourth-order valence-corrected chi connectivity index (χ4v) is 2.47. The Labute approximate surface area is 120 Å². The normalized spacial score (nSPS) is 16.6. The molecule has 1 aromatic rings. The second-order valence-electron chi connectivity index (χ2n) is 5.08. The third-order valence-electron chi connectivity index (χ3n) is 3.53. The number of rotatable bonds is 2. The molecule has 0 radical (unpaired) electrons. The monoisotopic (exact) mass is 277 g/mol. The molecule has 1 saturated heterocycles. The molecule has 0 saturated carbocycles. The summed E-state index contributed by atoms with van der Waals surface area (Å²) in [5, 5.41) is 0.740. The SMILES string of the molecule is Cc1ccc(/C=C\C(=O)N2CCCCCC2)cc1Cl. The zero-order chi connectivity index (χ0) is 13.7. The van der Waals surface area contributed by atoms with E-state index in [0.29, 0.717) is 0 Å². The van der Waals surface area contributed by atoms with E-state index in [0.717, 1.165) is 42.1 Å². The van der Waals surface area contributed by atoms with Gasteiger partial charge in [0.15, 0.2) is 0 Å². The number of carbonyl (C=O) groups is 1. The van der Waals surface area contributed by atoms with E-state index in [9.17, 15) is 4.79 Å². The van der Waals surface area contributed by atoms with Crippen LogP contribution >= 0.6 is 11.6 Å². The van der Waals surface area contributed by atoms with Crippen molar-refractivity contribution in [3.63, 3.8) is 0 Å². The van der Waals surface area contributed by atoms with Gasteiger partial charge in [0.1, 0.15) is 0 Å². The molecule has 1 amide bonds. The second kappa shape index (κ2) is 6.76. The molecular weight excluding hydrogens is 258 g/mol. The molecule has 0 aromatic heterocycles. The highest BCUT2D eigenvalue weighted by atomic mass is 35.5. The molecule has 0 bridgehead atoms. The predicted octanol–water partition coefficient (Wildman–Crippen LogP) is 4.06. The number of hydrogen-bond acceptors (Lipinski definition) is 1. The molecule has 0 atom stereocenters. The topological polar surface area (TPSA) is 20.3 Å². The van der Waals surface area contributed by atoms with E-state index >= 15 is 0 Å². The van der Waals surface area contributed by atoms with Crippen LogP contribution in [0.1, 0.15) is 36.8 Å². The molecule has 0 spiro atoms. The molecule has 19 heavy (non-hydrogen) atoms. The first kappa shape index (κ1) is 14.1. The summed E-state index contributed by atoms with van der Waals surface area (Å²) < 4.78 is 0. The van der Waals surface area contributed by atoms with Gasteiger partial charge in [-0.15, -0.1) is 0 Å². The Hall–Kier alpha value is -1.28. The van der Waals surface area contributed by atoms with Crippen molar-refractivity contribution in [2.45, 2.75) is 32.6 Å². The van der Waals surface area contributed by atoms with Gasteiger partial charge in [-0.25, -0.2) is 0 Å². The average Bonchev–Trinajstić information content (AvgIpc) is 2.69. The number of carbonyl (C=O) groups excluding carboxylic acids is 1. The van der Waals surface area contributed by atoms with Crippen molar-refractivity contribution in [2.24, 2.45) is 0 Å². The van der Waals surface area contributed by atoms with Gasteiger partial charge in [-0.2, -0.15) is 0 Å². The number of amides is 1. The average molecular weight is 278 g/mol. The number of hydrogen-bond donors (Lipinski definition) is 0. The van der Waals surface area contributed by atoms with E-state index in [2.05, 4.69) is 0 Å². The molecule has 0 N–H and O–H groups in total. The summed E-state index contributed by atoms with van der Waals surface area (Å²) in [6, 6.07) is 5.84. The fraction of sp³-hybridized carbons (Fsp3) is 0.438. The first-order chi connectivity index (χ1) is 9.16. The minimum Gasteiger partial charge on any atom is -0.339 e. The molecule has 1 aliphatic heterocycles. The van der Waals surface area contributed by atoms with E-state index in [1.807, 2.05) is 36.1 Å². The number of nitrogens with zero attached hydrogens (tertiary/aromatic N) is 1. The molecule has 1 fully saturated rings. The molecule has 2 rings (SSSR count). The molecule has 0 aliphatic carbocycles. The zero-order valence-electron chi connectivity index (χ0n) is 11.4. The van der Waals surface area contributed by atoms with E-state index in [1.54, 1.807) is 6.08 Å². The summed E-state index contributed by atoms with van der Waals surface area (Å²) in [7, 11) is 0. The third kappa shape index (κ3) is 4.10. The molecule has 3 heteroatoms. The van der Waals surface area contributed by atoms with Crippen molar-refractivity contribution in [1.82, 2.24) is 4.90 Å². The molecular formula is C16H20ClNO. The van der Waals surface area contributed by atoms with Crippen LogP contribution in [0.5, 0.6) is 0 Å². The van der Waals surface area contributed by atoms with E-state index in [4.69, 9.17) is 11.6 Å². The highest BCUT2D eigenvalue weighted by Gasteiger charge is 2.12. The Morgan fingerprint density at radius 1 is 1.21 bits per heavy atom. The van der Waals surface area contributed by atoms with Crippen LogP contribution < -0.4 is 0 Å². The number of halogens is 1. The van der Waals surface area contributed by atoms with Crippen molar-refractivity contribution in [3.8, 4) is 0 Å². The Balaban J connectivity index is 2.00. The van der Waals surface area contributed by atoms with Gasteiger partial charge in [-0.05, 0) is 43.0 Å². The lowest BCUT2D eigenvalue weighted by atomic mass is 10.1. The summed E-state index contributed by atoms with van der Waals surface area (Å²) >= 11 is 6.07. The number of aryl methyl sites for hydroxylation is 1. The maximum atomic E-state index is 12.1. The van der Waals surface area contributed by atoms with Crippen LogP contribution in [0.15, 0.2) is 24.3 Å². The highest BCUT2D eigenvalue weighted by Crippen LogP contribution is 2.17. The van der Waals surface area contributed by atoms with Gasteiger partial charge in [0.2, 0.25) is 5.91 Å². The molecule has 102 valence electrons. The van der Waals surface area contributed by atoms with Gasteiger partial charge in [0.05, 0.1) is 0 Å². The predicted molar refractivity (Wildman–Crippen MR) is 80.3 cm³/mol. The van der Waals surface area contributed by atoms with Gasteiger partial charge in [0, 0.05) is 24.2 Å². The van der Waals surface area contributed by atoms with Gasteiger partial charge >= 0.3 is 0 Å². The minimum atomic E-state index is 0.110. The fourth-order valence-electron chi connectivity index (χ4n) is 2.28. The zero-order valence-corrected chi connectivity index (χ0v) is 12.1. The summed E-state index contributed by atoms with van der Waals surface area (Å²) in [5.74, 6) is 0.110. The molecule has 1 aliphatic rings. The molecule has 1 heterocycles. The Morgan fingerprint density at radius 2 is 1.89 bits per heavy atom. The van der Waals surface area contributed by atoms with Gasteiger partial charge in [-0.3, -0.25) is 4.79 Å². The maximum Gasteiger partial charge on any atom is 0.246 e. The first-order valence-corrected chi connectivity index (χ1v) is 7.28. The smallest absolute Gasteiger partial charge is 0.246 e. The van der Waals surface area contributed by atoms with Crippen molar-refractivity contribution < 1.29 is 4.79 Å². The molecule has 2 nitrogen and oxygen atoms in total. The lowest BCUT2D eigenvalue weighted by molar-refractivity contribution is -0.125. The first-order valence-electron chi connectivity index (χ1n) is 6.90. The van der Waals surface area contributed by atoms with Crippen LogP contribution in [0.3, 0.4) is 0 Å². The third-order valence-corrected chi connectivity index (χ3v) is 3.94. The van der Waals surface area contributed by atoms with Crippen LogP contribution in [-0.4, -0.2) is 23.9 Å². The minimum absolute atomic E-state index is 0.110. The summed E-state index contributed by atoms with van der Waals surface area (Å²) in [5.41, 5.74) is 2.02. The lowest BCUT2D eigenvalue weighted by Gasteiger charge is -2.17. The van der Waals surface area contributed by atoms with Crippen molar-refractivity contribution in [1.29, 1.82) is 0 Å². The van der Waals surface area contributed by atoms with Crippen molar-refractivity contribution in [2.75, 3.05) is 13.1 Å². The number of benzene rings is 1. The van der Waals surface area contributed by atoms with E-state index in [1.165, 1.54) is 12.8 Å². The largest absolute Gasteiger partial charge is 0.339 e. The summed E-state index contributed by atoms with van der Waals surface area (Å²) in [6.45, 7) is 3.74. The maximum absolute atomic E-state index is 12.1. The lowest BCUT2D eigenvalue weighted by Crippen LogP contribution is -2.30. The second-order valence-corrected chi connectivity index (χ2v) is 5.49. The van der Waals surface area contributed by atoms with Gasteiger partial charge in [0.25, 0.3) is 0 Å². The van der Waals surface area contributed by atoms with Gasteiger partial charge in [-0.1, -0.05) is 36.6 Å². The molecule has 1 aromatic carbocycles. The van der Waals surface area contributed by atoms with Crippen molar-refractivity contribution in [3.05, 3.63) is 40.4 Å². The van der Waals surface area contributed by atoms with Crippen LogP contribution in [0, 0.1) is 6.92 Å². The number of likely N-dealkylation sites (tertiary alicyclic amines) is 1. The Kier molecular flexibility index (Phi) is 5.03. The van der Waals surface area contributed by atoms with E-state index < -0.39 is 0 Å². The van der Waals surface area contributed by atoms with Crippen LogP contribution in [-0.2, 0) is 4.79 Å². The Bertz CT molecular complexity index is 474. The van der Waals surface area contributed by atoms with Crippen LogP contribution in [0.4, 0.5) is 0 Å². The highest BCUT2D eigenvalue weighted by molar-refractivity contribution is 6.31. The van der Waals surface area contributed by atoms with Crippen LogP contribution in [0.2, 0.25) is 5.02 Å². The standard InChI is InChI=1S/C16H20ClNO/c1-13-6-7-14(12-15(13)17)8-9-16(19)18-10-4-2-3-5-11-18/h6-9,12H,2-5,10-11H2,1H3/b9-8-. The summed E-state index contributed by atoms with van der Waals surface area (Å²) in [6.07, 6.45) is 8.22. The summed E-state index contributed by atoms with van der Waals surface area (Å²) in [4.78, 5) is 14.0. The van der Waals surface area contributed by atoms with E-state index in [-0.39, 0.29) is 5.91 Å². The molecule has 0 unspecified atom stereocenters. The van der Waals surface area contributed by atoms with Gasteiger partial charge < -0.3 is 4.90 Å². The Morgan fingerprint density at radius 3 is 2.53 bits per heavy atom.